The van der Waals surface area contributed by atoms with E-state index in [0.29, 0.717) is 18.6 Å². The Morgan fingerprint density at radius 2 is 2.11 bits per heavy atom. The molecule has 0 aliphatic carbocycles. The Morgan fingerprint density at radius 3 is 2.74 bits per heavy atom. The monoisotopic (exact) mass is 265 g/mol. The van der Waals surface area contributed by atoms with Gasteiger partial charge in [0, 0.05) is 19.6 Å². The van der Waals surface area contributed by atoms with Crippen molar-refractivity contribution < 1.29 is 4.74 Å². The molecule has 6 nitrogen and oxygen atoms in total. The Balaban J connectivity index is 2.18. The molecule has 6 heteroatoms. The lowest BCUT2D eigenvalue weighted by Crippen LogP contribution is -2.23. The van der Waals surface area contributed by atoms with E-state index in [9.17, 15) is 0 Å². The van der Waals surface area contributed by atoms with Gasteiger partial charge in [0.1, 0.15) is 0 Å². The van der Waals surface area contributed by atoms with E-state index in [1.807, 2.05) is 13.8 Å². The fourth-order valence-corrected chi connectivity index (χ4v) is 2.27. The molecule has 1 atom stereocenters. The maximum absolute atomic E-state index is 5.42. The zero-order valence-corrected chi connectivity index (χ0v) is 12.0. The quantitative estimate of drug-likeness (QED) is 0.848. The molecule has 0 saturated carbocycles. The lowest BCUT2D eigenvalue weighted by atomic mass is 10.1. The van der Waals surface area contributed by atoms with Crippen molar-refractivity contribution in [3.63, 3.8) is 0 Å². The Morgan fingerprint density at radius 1 is 1.26 bits per heavy atom. The van der Waals surface area contributed by atoms with Crippen LogP contribution in [0.25, 0.3) is 0 Å². The number of anilines is 2. The first-order valence-corrected chi connectivity index (χ1v) is 7.14. The summed E-state index contributed by atoms with van der Waals surface area (Å²) >= 11 is 0. The van der Waals surface area contributed by atoms with E-state index in [4.69, 9.17) is 4.74 Å². The van der Waals surface area contributed by atoms with Crippen molar-refractivity contribution in [1.82, 2.24) is 15.0 Å². The van der Waals surface area contributed by atoms with Crippen LogP contribution in [0, 0.1) is 5.92 Å². The molecule has 1 aromatic rings. The highest BCUT2D eigenvalue weighted by atomic mass is 16.5. The molecule has 106 valence electrons. The van der Waals surface area contributed by atoms with Gasteiger partial charge in [-0.15, -0.1) is 0 Å². The van der Waals surface area contributed by atoms with Crippen molar-refractivity contribution in [3.05, 3.63) is 0 Å². The van der Waals surface area contributed by atoms with Crippen molar-refractivity contribution in [2.75, 3.05) is 36.5 Å². The van der Waals surface area contributed by atoms with Crippen LogP contribution in [-0.4, -0.2) is 41.2 Å². The van der Waals surface area contributed by atoms with E-state index >= 15 is 0 Å². The van der Waals surface area contributed by atoms with Crippen molar-refractivity contribution in [2.24, 2.45) is 5.92 Å². The SMILES string of the molecule is CCNc1nc(OCC)nc(N2CCC(CC)C2)n1. The van der Waals surface area contributed by atoms with Crippen LogP contribution >= 0.6 is 0 Å². The molecule has 1 aliphatic rings. The lowest BCUT2D eigenvalue weighted by molar-refractivity contribution is 0.312. The Hall–Kier alpha value is -1.59. The third-order valence-corrected chi connectivity index (χ3v) is 3.36. The summed E-state index contributed by atoms with van der Waals surface area (Å²) in [7, 11) is 0. The average Bonchev–Trinajstić information content (AvgIpc) is 2.88. The van der Waals surface area contributed by atoms with Crippen LogP contribution in [0.5, 0.6) is 6.01 Å². The normalized spacial score (nSPS) is 18.7. The maximum atomic E-state index is 5.42. The van der Waals surface area contributed by atoms with E-state index in [1.54, 1.807) is 0 Å². The minimum atomic E-state index is 0.406. The third kappa shape index (κ3) is 3.45. The van der Waals surface area contributed by atoms with E-state index in [0.717, 1.165) is 31.5 Å². The van der Waals surface area contributed by atoms with Gasteiger partial charge in [0.2, 0.25) is 11.9 Å². The molecule has 0 spiro atoms. The molecule has 2 heterocycles. The second-order valence-electron chi connectivity index (χ2n) is 4.71. The Labute approximate surface area is 114 Å². The summed E-state index contributed by atoms with van der Waals surface area (Å²) < 4.78 is 5.42. The molecule has 1 saturated heterocycles. The van der Waals surface area contributed by atoms with Gasteiger partial charge in [-0.2, -0.15) is 15.0 Å². The standard InChI is InChI=1S/C13H23N5O/c1-4-10-7-8-18(9-10)12-15-11(14-5-2)16-13(17-12)19-6-3/h10H,4-9H2,1-3H3,(H,14,15,16,17). The molecule has 0 amide bonds. The fraction of sp³-hybridized carbons (Fsp3) is 0.769. The molecule has 1 unspecified atom stereocenters. The summed E-state index contributed by atoms with van der Waals surface area (Å²) in [5.41, 5.74) is 0. The van der Waals surface area contributed by atoms with Crippen molar-refractivity contribution in [3.8, 4) is 6.01 Å². The minimum absolute atomic E-state index is 0.406. The smallest absolute Gasteiger partial charge is 0.323 e. The molecule has 0 radical (unpaired) electrons. The van der Waals surface area contributed by atoms with Gasteiger partial charge in [-0.25, -0.2) is 0 Å². The number of hydrogen-bond acceptors (Lipinski definition) is 6. The first-order valence-electron chi connectivity index (χ1n) is 7.14. The van der Waals surface area contributed by atoms with Gasteiger partial charge in [0.15, 0.2) is 0 Å². The molecule has 0 aromatic carbocycles. The number of ether oxygens (including phenoxy) is 1. The topological polar surface area (TPSA) is 63.2 Å². The average molecular weight is 265 g/mol. The fourth-order valence-electron chi connectivity index (χ4n) is 2.27. The lowest BCUT2D eigenvalue weighted by Gasteiger charge is -2.17. The van der Waals surface area contributed by atoms with Gasteiger partial charge in [0.25, 0.3) is 0 Å². The van der Waals surface area contributed by atoms with Crippen LogP contribution in [0.2, 0.25) is 0 Å². The van der Waals surface area contributed by atoms with Gasteiger partial charge in [-0.1, -0.05) is 13.3 Å². The maximum Gasteiger partial charge on any atom is 0.323 e. The second-order valence-corrected chi connectivity index (χ2v) is 4.71. The van der Waals surface area contributed by atoms with Crippen molar-refractivity contribution in [1.29, 1.82) is 0 Å². The van der Waals surface area contributed by atoms with E-state index < -0.39 is 0 Å². The minimum Gasteiger partial charge on any atom is -0.464 e. The number of nitrogens with one attached hydrogen (secondary N) is 1. The van der Waals surface area contributed by atoms with Crippen LogP contribution in [-0.2, 0) is 0 Å². The number of rotatable bonds is 6. The Kier molecular flexibility index (Phi) is 4.76. The zero-order valence-electron chi connectivity index (χ0n) is 12.0. The van der Waals surface area contributed by atoms with Gasteiger partial charge >= 0.3 is 6.01 Å². The molecule has 2 rings (SSSR count). The van der Waals surface area contributed by atoms with E-state index in [1.165, 1.54) is 12.8 Å². The number of nitrogens with zero attached hydrogens (tertiary/aromatic N) is 4. The van der Waals surface area contributed by atoms with Crippen LogP contribution in [0.15, 0.2) is 0 Å². The van der Waals surface area contributed by atoms with Gasteiger partial charge in [-0.3, -0.25) is 0 Å². The zero-order chi connectivity index (χ0) is 13.7. The van der Waals surface area contributed by atoms with Crippen molar-refractivity contribution >= 4 is 11.9 Å². The molecule has 1 fully saturated rings. The summed E-state index contributed by atoms with van der Waals surface area (Å²) in [4.78, 5) is 15.3. The van der Waals surface area contributed by atoms with Gasteiger partial charge in [-0.05, 0) is 26.2 Å². The largest absolute Gasteiger partial charge is 0.464 e. The second kappa shape index (κ2) is 6.54. The molecular formula is C13H23N5O. The van der Waals surface area contributed by atoms with Crippen LogP contribution in [0.3, 0.4) is 0 Å². The first-order chi connectivity index (χ1) is 9.26. The summed E-state index contributed by atoms with van der Waals surface area (Å²) in [6.07, 6.45) is 2.42. The third-order valence-electron chi connectivity index (χ3n) is 3.36. The molecule has 1 N–H and O–H groups in total. The predicted octanol–water partition coefficient (Wildman–Crippen LogP) is 1.94. The van der Waals surface area contributed by atoms with Crippen LogP contribution < -0.4 is 15.0 Å². The summed E-state index contributed by atoms with van der Waals surface area (Å²) in [6.45, 7) is 9.57. The first kappa shape index (κ1) is 13.8. The van der Waals surface area contributed by atoms with Crippen LogP contribution in [0.1, 0.15) is 33.6 Å². The summed E-state index contributed by atoms with van der Waals surface area (Å²) in [6, 6.07) is 0.406. The molecule has 1 aliphatic heterocycles. The molecule has 19 heavy (non-hydrogen) atoms. The van der Waals surface area contributed by atoms with Gasteiger partial charge < -0.3 is 15.0 Å². The van der Waals surface area contributed by atoms with E-state index in [-0.39, 0.29) is 0 Å². The molecule has 0 bridgehead atoms. The van der Waals surface area contributed by atoms with Crippen molar-refractivity contribution in [2.45, 2.75) is 33.6 Å². The Bertz CT molecular complexity index is 388. The predicted molar refractivity (Wildman–Crippen MR) is 75.8 cm³/mol. The van der Waals surface area contributed by atoms with Crippen LogP contribution in [0.4, 0.5) is 11.9 Å². The number of aromatic nitrogens is 3. The highest BCUT2D eigenvalue weighted by Gasteiger charge is 2.24. The highest BCUT2D eigenvalue weighted by molar-refractivity contribution is 5.39. The highest BCUT2D eigenvalue weighted by Crippen LogP contribution is 2.24. The number of hydrogen-bond donors (Lipinski definition) is 1. The van der Waals surface area contributed by atoms with E-state index in [2.05, 4.69) is 32.1 Å². The summed E-state index contributed by atoms with van der Waals surface area (Å²) in [5, 5.41) is 3.13. The molecular weight excluding hydrogens is 242 g/mol. The van der Waals surface area contributed by atoms with Gasteiger partial charge in [0.05, 0.1) is 6.61 Å². The molecule has 1 aromatic heterocycles. The summed E-state index contributed by atoms with van der Waals surface area (Å²) in [5.74, 6) is 2.07.